The summed E-state index contributed by atoms with van der Waals surface area (Å²) in [5.74, 6) is 0. The Morgan fingerprint density at radius 2 is 1.26 bits per heavy atom. The molecule has 0 aliphatic rings. The fourth-order valence-corrected chi connectivity index (χ4v) is 5.93. The van der Waals surface area contributed by atoms with E-state index in [0.29, 0.717) is 0 Å². The van der Waals surface area contributed by atoms with Gasteiger partial charge in [0.2, 0.25) is 0 Å². The van der Waals surface area contributed by atoms with Crippen LogP contribution in [0, 0.1) is 0 Å². The average molecular weight is 319 g/mol. The SMILES string of the molecule is COP(=O)(OC)C(O)(CCN(C)C)P(=O)(OC)OC. The molecule has 0 amide bonds. The molecule has 0 aliphatic carbocycles. The number of hydrogen-bond donors (Lipinski definition) is 1. The summed E-state index contributed by atoms with van der Waals surface area (Å²) in [4.78, 5) is 1.72. The van der Waals surface area contributed by atoms with Crippen molar-refractivity contribution in [2.75, 3.05) is 49.1 Å². The molecular weight excluding hydrogens is 296 g/mol. The lowest BCUT2D eigenvalue weighted by molar-refractivity contribution is 0.0912. The summed E-state index contributed by atoms with van der Waals surface area (Å²) in [6, 6.07) is 0. The van der Waals surface area contributed by atoms with Crippen LogP contribution in [0.5, 0.6) is 0 Å². The highest BCUT2D eigenvalue weighted by atomic mass is 31.2. The molecule has 0 aromatic rings. The van der Waals surface area contributed by atoms with E-state index in [1.54, 1.807) is 19.0 Å². The van der Waals surface area contributed by atoms with E-state index in [1.165, 1.54) is 0 Å². The van der Waals surface area contributed by atoms with Crippen LogP contribution in [0.3, 0.4) is 0 Å². The molecule has 0 aliphatic heterocycles. The summed E-state index contributed by atoms with van der Waals surface area (Å²) in [6.45, 7) is 0.282. The third-order valence-corrected chi connectivity index (χ3v) is 8.33. The quantitative estimate of drug-likeness (QED) is 0.640. The third kappa shape index (κ3) is 3.65. The van der Waals surface area contributed by atoms with Gasteiger partial charge in [0.05, 0.1) is 0 Å². The van der Waals surface area contributed by atoms with Gasteiger partial charge in [0.25, 0.3) is 5.08 Å². The van der Waals surface area contributed by atoms with Crippen molar-refractivity contribution >= 4 is 15.2 Å². The normalized spacial score (nSPS) is 14.1. The van der Waals surface area contributed by atoms with Crippen molar-refractivity contribution in [2.45, 2.75) is 11.5 Å². The molecule has 0 saturated carbocycles. The topological polar surface area (TPSA) is 94.5 Å². The Balaban J connectivity index is 5.73. The summed E-state index contributed by atoms with van der Waals surface area (Å²) < 4.78 is 44.1. The minimum atomic E-state index is -4.10. The second-order valence-electron chi connectivity index (χ2n) is 4.05. The van der Waals surface area contributed by atoms with E-state index >= 15 is 0 Å². The van der Waals surface area contributed by atoms with Gasteiger partial charge in [-0.2, -0.15) is 0 Å². The van der Waals surface area contributed by atoms with Crippen molar-refractivity contribution in [3.8, 4) is 0 Å². The molecule has 0 spiro atoms. The van der Waals surface area contributed by atoms with Crippen LogP contribution in [0.15, 0.2) is 0 Å². The van der Waals surface area contributed by atoms with Gasteiger partial charge in [0.15, 0.2) is 0 Å². The first-order valence-corrected chi connectivity index (χ1v) is 8.55. The Labute approximate surface area is 114 Å². The van der Waals surface area contributed by atoms with Crippen LogP contribution in [0.1, 0.15) is 6.42 Å². The van der Waals surface area contributed by atoms with E-state index in [9.17, 15) is 14.2 Å². The second-order valence-corrected chi connectivity index (χ2v) is 9.34. The largest absolute Gasteiger partial charge is 0.374 e. The minimum absolute atomic E-state index is 0.169. The van der Waals surface area contributed by atoms with E-state index in [0.717, 1.165) is 28.4 Å². The van der Waals surface area contributed by atoms with Gasteiger partial charge in [-0.05, 0) is 14.1 Å². The van der Waals surface area contributed by atoms with Gasteiger partial charge in [0, 0.05) is 41.4 Å². The standard InChI is InChI=1S/C9H23NO7P2/c1-10(2)8-7-9(11,18(12,14-3)15-4)19(13,16-5)17-6/h11H,7-8H2,1-6H3. The molecule has 1 N–H and O–H groups in total. The molecule has 0 aromatic heterocycles. The maximum Gasteiger partial charge on any atom is 0.374 e. The molecule has 0 saturated heterocycles. The summed E-state index contributed by atoms with van der Waals surface area (Å²) in [6.07, 6.45) is -0.169. The van der Waals surface area contributed by atoms with E-state index in [-0.39, 0.29) is 13.0 Å². The second kappa shape index (κ2) is 7.29. The lowest BCUT2D eigenvalue weighted by atomic mass is 10.4. The fraction of sp³-hybridized carbons (Fsp3) is 1.00. The average Bonchev–Trinajstić information content (AvgIpc) is 2.42. The van der Waals surface area contributed by atoms with Crippen LogP contribution in [0.4, 0.5) is 0 Å². The maximum atomic E-state index is 12.5. The van der Waals surface area contributed by atoms with Crippen LogP contribution < -0.4 is 0 Å². The van der Waals surface area contributed by atoms with Gasteiger partial charge in [-0.1, -0.05) is 0 Å². The summed E-state index contributed by atoms with van der Waals surface area (Å²) >= 11 is 0. The third-order valence-electron chi connectivity index (χ3n) is 2.73. The zero-order chi connectivity index (χ0) is 15.3. The van der Waals surface area contributed by atoms with Gasteiger partial charge in [-0.25, -0.2) is 0 Å². The Morgan fingerprint density at radius 1 is 0.947 bits per heavy atom. The number of rotatable bonds is 9. The highest BCUT2D eigenvalue weighted by Gasteiger charge is 2.63. The van der Waals surface area contributed by atoms with E-state index in [4.69, 9.17) is 18.1 Å². The van der Waals surface area contributed by atoms with Crippen molar-refractivity contribution in [1.82, 2.24) is 4.90 Å². The Hall–Kier alpha value is 0.220. The molecule has 0 unspecified atom stereocenters. The van der Waals surface area contributed by atoms with Gasteiger partial charge in [-0.15, -0.1) is 0 Å². The molecule has 19 heavy (non-hydrogen) atoms. The van der Waals surface area contributed by atoms with E-state index in [1.807, 2.05) is 0 Å². The van der Waals surface area contributed by atoms with Gasteiger partial charge >= 0.3 is 15.2 Å². The minimum Gasteiger partial charge on any atom is -0.367 e. The van der Waals surface area contributed by atoms with Crippen LogP contribution in [-0.4, -0.2) is 64.2 Å². The highest BCUT2D eigenvalue weighted by molar-refractivity contribution is 7.73. The first-order chi connectivity index (χ1) is 8.66. The smallest absolute Gasteiger partial charge is 0.367 e. The van der Waals surface area contributed by atoms with E-state index < -0.39 is 20.3 Å². The predicted molar refractivity (Wildman–Crippen MR) is 71.4 cm³/mol. The summed E-state index contributed by atoms with van der Waals surface area (Å²) in [5, 5.41) is 8.27. The summed E-state index contributed by atoms with van der Waals surface area (Å²) in [7, 11) is -0.314. The zero-order valence-corrected chi connectivity index (χ0v) is 13.9. The zero-order valence-electron chi connectivity index (χ0n) is 12.2. The first-order valence-electron chi connectivity index (χ1n) is 5.46. The molecule has 10 heteroatoms. The molecule has 0 atom stereocenters. The van der Waals surface area contributed by atoms with Crippen LogP contribution in [0.2, 0.25) is 0 Å². The Bertz CT molecular complexity index is 332. The first kappa shape index (κ1) is 19.2. The maximum absolute atomic E-state index is 12.5. The van der Waals surface area contributed by atoms with Crippen LogP contribution in [-0.2, 0) is 27.2 Å². The van der Waals surface area contributed by atoms with Gasteiger partial charge in [0.1, 0.15) is 0 Å². The molecule has 0 rings (SSSR count). The Kier molecular flexibility index (Phi) is 7.38. The van der Waals surface area contributed by atoms with Gasteiger partial charge < -0.3 is 28.1 Å². The Morgan fingerprint density at radius 3 is 1.47 bits per heavy atom. The molecule has 0 radical (unpaired) electrons. The lowest BCUT2D eigenvalue weighted by Gasteiger charge is -2.36. The molecular formula is C9H23NO7P2. The predicted octanol–water partition coefficient (Wildman–Crippen LogP) is 1.56. The molecule has 8 nitrogen and oxygen atoms in total. The van der Waals surface area contributed by atoms with Crippen LogP contribution >= 0.6 is 15.2 Å². The molecule has 116 valence electrons. The lowest BCUT2D eigenvalue weighted by Crippen LogP contribution is -2.35. The van der Waals surface area contributed by atoms with Crippen molar-refractivity contribution in [3.05, 3.63) is 0 Å². The van der Waals surface area contributed by atoms with Crippen LogP contribution in [0.25, 0.3) is 0 Å². The van der Waals surface area contributed by atoms with Crippen molar-refractivity contribution < 1.29 is 32.3 Å². The van der Waals surface area contributed by atoms with Crippen molar-refractivity contribution in [2.24, 2.45) is 0 Å². The molecule has 0 bridgehead atoms. The monoisotopic (exact) mass is 319 g/mol. The molecule has 0 fully saturated rings. The summed E-state index contributed by atoms with van der Waals surface area (Å²) in [5.41, 5.74) is 0. The van der Waals surface area contributed by atoms with E-state index in [2.05, 4.69) is 0 Å². The molecule has 0 heterocycles. The van der Waals surface area contributed by atoms with Crippen molar-refractivity contribution in [1.29, 1.82) is 0 Å². The van der Waals surface area contributed by atoms with Crippen molar-refractivity contribution in [3.63, 3.8) is 0 Å². The fourth-order valence-electron chi connectivity index (χ4n) is 1.53. The number of nitrogens with zero attached hydrogens (tertiary/aromatic N) is 1. The van der Waals surface area contributed by atoms with Gasteiger partial charge in [-0.3, -0.25) is 9.13 Å². The highest BCUT2D eigenvalue weighted by Crippen LogP contribution is 2.76. The molecule has 0 aromatic carbocycles. The number of aliphatic hydroxyl groups is 1. The number of hydrogen-bond acceptors (Lipinski definition) is 8.